The van der Waals surface area contributed by atoms with E-state index in [1.807, 2.05) is 6.92 Å². The molecular weight excluding hydrogens is 174 g/mol. The fourth-order valence-electron chi connectivity index (χ4n) is 1.72. The second-order valence-corrected chi connectivity index (χ2v) is 4.29. The maximum absolute atomic E-state index is 5.77. The van der Waals surface area contributed by atoms with Crippen LogP contribution in [0.5, 0.6) is 0 Å². The quantitative estimate of drug-likeness (QED) is 0.801. The Morgan fingerprint density at radius 3 is 2.14 bits per heavy atom. The molecule has 1 unspecified atom stereocenters. The van der Waals surface area contributed by atoms with Gasteiger partial charge in [-0.05, 0) is 32.3 Å². The lowest BCUT2D eigenvalue weighted by atomic mass is 10.0. The first-order valence-electron chi connectivity index (χ1n) is 5.21. The standard InChI is InChI=1S/C11H21N3/c1-7(2)11(6-12)14-10(5)8(3)9(4)13-14/h7,11H,6,12H2,1-5H3. The van der Waals surface area contributed by atoms with Gasteiger partial charge in [0.25, 0.3) is 0 Å². The van der Waals surface area contributed by atoms with E-state index in [0.29, 0.717) is 18.5 Å². The summed E-state index contributed by atoms with van der Waals surface area (Å²) in [6, 6.07) is 0.322. The average Bonchev–Trinajstić information content (AvgIpc) is 2.35. The molecule has 0 amide bonds. The second-order valence-electron chi connectivity index (χ2n) is 4.29. The zero-order valence-electron chi connectivity index (χ0n) is 9.83. The van der Waals surface area contributed by atoms with Crippen LogP contribution in [0.15, 0.2) is 0 Å². The molecule has 0 fully saturated rings. The highest BCUT2D eigenvalue weighted by Gasteiger charge is 2.18. The summed E-state index contributed by atoms with van der Waals surface area (Å²) in [6.07, 6.45) is 0. The van der Waals surface area contributed by atoms with Crippen LogP contribution in [-0.2, 0) is 0 Å². The van der Waals surface area contributed by atoms with E-state index in [9.17, 15) is 0 Å². The molecule has 1 aromatic heterocycles. The summed E-state index contributed by atoms with van der Waals surface area (Å²) in [5.41, 5.74) is 9.41. The summed E-state index contributed by atoms with van der Waals surface area (Å²) in [5, 5.41) is 4.54. The van der Waals surface area contributed by atoms with Crippen LogP contribution in [-0.4, -0.2) is 16.3 Å². The molecule has 3 nitrogen and oxygen atoms in total. The molecule has 0 aliphatic carbocycles. The van der Waals surface area contributed by atoms with Crippen LogP contribution >= 0.6 is 0 Å². The van der Waals surface area contributed by atoms with Crippen LogP contribution in [0, 0.1) is 26.7 Å². The van der Waals surface area contributed by atoms with Crippen molar-refractivity contribution in [2.24, 2.45) is 11.7 Å². The monoisotopic (exact) mass is 195 g/mol. The van der Waals surface area contributed by atoms with Crippen molar-refractivity contribution in [3.63, 3.8) is 0 Å². The fourth-order valence-corrected chi connectivity index (χ4v) is 1.72. The molecule has 0 aliphatic rings. The predicted molar refractivity (Wildman–Crippen MR) is 59.4 cm³/mol. The molecule has 1 heterocycles. The first kappa shape index (κ1) is 11.2. The van der Waals surface area contributed by atoms with Crippen molar-refractivity contribution in [2.45, 2.75) is 40.7 Å². The smallest absolute Gasteiger partial charge is 0.0667 e. The van der Waals surface area contributed by atoms with E-state index >= 15 is 0 Å². The number of hydrogen-bond donors (Lipinski definition) is 1. The van der Waals surface area contributed by atoms with Gasteiger partial charge in [0.2, 0.25) is 0 Å². The largest absolute Gasteiger partial charge is 0.328 e. The van der Waals surface area contributed by atoms with Crippen molar-refractivity contribution < 1.29 is 0 Å². The van der Waals surface area contributed by atoms with Crippen LogP contribution in [0.4, 0.5) is 0 Å². The van der Waals surface area contributed by atoms with Crippen LogP contribution < -0.4 is 5.73 Å². The van der Waals surface area contributed by atoms with Gasteiger partial charge in [-0.3, -0.25) is 4.68 Å². The Morgan fingerprint density at radius 2 is 1.86 bits per heavy atom. The highest BCUT2D eigenvalue weighted by atomic mass is 15.3. The molecule has 1 atom stereocenters. The van der Waals surface area contributed by atoms with Crippen molar-refractivity contribution in [3.8, 4) is 0 Å². The van der Waals surface area contributed by atoms with E-state index in [4.69, 9.17) is 5.73 Å². The fraction of sp³-hybridized carbons (Fsp3) is 0.727. The Kier molecular flexibility index (Phi) is 3.32. The number of hydrogen-bond acceptors (Lipinski definition) is 2. The van der Waals surface area contributed by atoms with Crippen molar-refractivity contribution in [2.75, 3.05) is 6.54 Å². The van der Waals surface area contributed by atoms with Crippen molar-refractivity contribution in [1.29, 1.82) is 0 Å². The minimum absolute atomic E-state index is 0.322. The van der Waals surface area contributed by atoms with Gasteiger partial charge < -0.3 is 5.73 Å². The summed E-state index contributed by atoms with van der Waals surface area (Å²) in [6.45, 7) is 11.3. The zero-order chi connectivity index (χ0) is 10.9. The van der Waals surface area contributed by atoms with E-state index in [-0.39, 0.29) is 0 Å². The lowest BCUT2D eigenvalue weighted by Crippen LogP contribution is -2.25. The molecule has 80 valence electrons. The zero-order valence-corrected chi connectivity index (χ0v) is 9.83. The molecule has 0 radical (unpaired) electrons. The normalized spacial score (nSPS) is 13.6. The third-order valence-electron chi connectivity index (χ3n) is 3.01. The summed E-state index contributed by atoms with van der Waals surface area (Å²) in [7, 11) is 0. The van der Waals surface area contributed by atoms with Crippen LogP contribution in [0.3, 0.4) is 0 Å². The maximum atomic E-state index is 5.77. The third kappa shape index (κ3) is 1.82. The number of aryl methyl sites for hydroxylation is 1. The van der Waals surface area contributed by atoms with E-state index in [0.717, 1.165) is 5.69 Å². The second kappa shape index (κ2) is 4.13. The van der Waals surface area contributed by atoms with Gasteiger partial charge in [0, 0.05) is 12.2 Å². The predicted octanol–water partition coefficient (Wildman–Crippen LogP) is 1.96. The molecule has 2 N–H and O–H groups in total. The van der Waals surface area contributed by atoms with Crippen LogP contribution in [0.2, 0.25) is 0 Å². The minimum Gasteiger partial charge on any atom is -0.328 e. The molecule has 0 aromatic carbocycles. The lowest BCUT2D eigenvalue weighted by Gasteiger charge is -2.21. The third-order valence-corrected chi connectivity index (χ3v) is 3.01. The summed E-state index contributed by atoms with van der Waals surface area (Å²) >= 11 is 0. The number of nitrogens with two attached hydrogens (primary N) is 1. The Morgan fingerprint density at radius 1 is 1.29 bits per heavy atom. The SMILES string of the molecule is Cc1nn(C(CN)C(C)C)c(C)c1C. The molecule has 0 saturated carbocycles. The van der Waals surface area contributed by atoms with Crippen molar-refractivity contribution in [3.05, 3.63) is 17.0 Å². The van der Waals surface area contributed by atoms with Crippen molar-refractivity contribution >= 4 is 0 Å². The van der Waals surface area contributed by atoms with Crippen LogP contribution in [0.25, 0.3) is 0 Å². The number of nitrogens with zero attached hydrogens (tertiary/aromatic N) is 2. The highest BCUT2D eigenvalue weighted by Crippen LogP contribution is 2.21. The van der Waals surface area contributed by atoms with Gasteiger partial charge in [-0.1, -0.05) is 13.8 Å². The molecule has 14 heavy (non-hydrogen) atoms. The first-order valence-corrected chi connectivity index (χ1v) is 5.21. The first-order chi connectivity index (χ1) is 6.49. The molecule has 1 aromatic rings. The summed E-state index contributed by atoms with van der Waals surface area (Å²) in [5.74, 6) is 0.525. The van der Waals surface area contributed by atoms with Crippen molar-refractivity contribution in [1.82, 2.24) is 9.78 Å². The molecular formula is C11H21N3. The average molecular weight is 195 g/mol. The van der Waals surface area contributed by atoms with E-state index in [1.165, 1.54) is 11.3 Å². The van der Waals surface area contributed by atoms with E-state index in [1.54, 1.807) is 0 Å². The topological polar surface area (TPSA) is 43.8 Å². The molecule has 1 rings (SSSR count). The van der Waals surface area contributed by atoms with Gasteiger partial charge >= 0.3 is 0 Å². The molecule has 0 aliphatic heterocycles. The number of aromatic nitrogens is 2. The van der Waals surface area contributed by atoms with E-state index in [2.05, 4.69) is 37.5 Å². The lowest BCUT2D eigenvalue weighted by molar-refractivity contribution is 0.347. The van der Waals surface area contributed by atoms with Gasteiger partial charge in [0.1, 0.15) is 0 Å². The molecule has 0 bridgehead atoms. The molecule has 0 spiro atoms. The Hall–Kier alpha value is -0.830. The Labute approximate surface area is 86.3 Å². The van der Waals surface area contributed by atoms with Gasteiger partial charge in [0.05, 0.1) is 11.7 Å². The number of rotatable bonds is 3. The molecule has 0 saturated heterocycles. The van der Waals surface area contributed by atoms with Gasteiger partial charge in [-0.25, -0.2) is 0 Å². The summed E-state index contributed by atoms with van der Waals surface area (Å²) < 4.78 is 2.08. The van der Waals surface area contributed by atoms with Gasteiger partial charge in [-0.2, -0.15) is 5.10 Å². The van der Waals surface area contributed by atoms with E-state index < -0.39 is 0 Å². The van der Waals surface area contributed by atoms with Crippen LogP contribution in [0.1, 0.15) is 36.8 Å². The summed E-state index contributed by atoms with van der Waals surface area (Å²) in [4.78, 5) is 0. The Balaban J connectivity index is 3.11. The van der Waals surface area contributed by atoms with Gasteiger partial charge in [0.15, 0.2) is 0 Å². The maximum Gasteiger partial charge on any atom is 0.0667 e. The van der Waals surface area contributed by atoms with Gasteiger partial charge in [-0.15, -0.1) is 0 Å². The highest BCUT2D eigenvalue weighted by molar-refractivity contribution is 5.22. The molecule has 3 heteroatoms. The Bertz CT molecular complexity index is 313. The minimum atomic E-state index is 0.322.